The van der Waals surface area contributed by atoms with Gasteiger partial charge in [0.15, 0.2) is 0 Å². The van der Waals surface area contributed by atoms with Gasteiger partial charge in [0.2, 0.25) is 0 Å². The summed E-state index contributed by atoms with van der Waals surface area (Å²) in [6, 6.07) is 15.0. The van der Waals surface area contributed by atoms with Gasteiger partial charge in [0.05, 0.1) is 18.2 Å². The van der Waals surface area contributed by atoms with Crippen molar-refractivity contribution < 1.29 is 14.3 Å². The maximum absolute atomic E-state index is 12.9. The van der Waals surface area contributed by atoms with Crippen molar-refractivity contribution in [1.29, 1.82) is 5.26 Å². The minimum absolute atomic E-state index is 0.114. The highest BCUT2D eigenvalue weighted by Crippen LogP contribution is 2.11. The SMILES string of the molecule is N#Cc1ccc(CN(CC(=O)O)Cc2ccc(F)cc2)cc1. The van der Waals surface area contributed by atoms with Crippen molar-refractivity contribution >= 4 is 5.97 Å². The summed E-state index contributed by atoms with van der Waals surface area (Å²) < 4.78 is 12.9. The number of hydrogen-bond acceptors (Lipinski definition) is 3. The molecule has 1 N–H and O–H groups in total. The van der Waals surface area contributed by atoms with Crippen LogP contribution in [-0.2, 0) is 17.9 Å². The fourth-order valence-electron chi connectivity index (χ4n) is 2.15. The summed E-state index contributed by atoms with van der Waals surface area (Å²) in [5, 5.41) is 17.8. The largest absolute Gasteiger partial charge is 0.480 e. The molecule has 112 valence electrons. The summed E-state index contributed by atoms with van der Waals surface area (Å²) >= 11 is 0. The van der Waals surface area contributed by atoms with E-state index < -0.39 is 5.97 Å². The van der Waals surface area contributed by atoms with Crippen molar-refractivity contribution in [3.05, 3.63) is 71.0 Å². The maximum atomic E-state index is 12.9. The number of nitrogens with zero attached hydrogens (tertiary/aromatic N) is 2. The zero-order valence-corrected chi connectivity index (χ0v) is 11.9. The molecule has 0 aliphatic heterocycles. The topological polar surface area (TPSA) is 64.3 Å². The zero-order valence-electron chi connectivity index (χ0n) is 11.9. The molecule has 0 amide bonds. The first-order valence-corrected chi connectivity index (χ1v) is 6.74. The van der Waals surface area contributed by atoms with E-state index in [1.54, 1.807) is 41.3 Å². The summed E-state index contributed by atoms with van der Waals surface area (Å²) in [6.45, 7) is 0.735. The van der Waals surface area contributed by atoms with E-state index in [9.17, 15) is 9.18 Å². The maximum Gasteiger partial charge on any atom is 0.317 e. The standard InChI is InChI=1S/C17H15FN2O2/c18-16-7-5-15(6-8-16)11-20(12-17(21)22)10-14-3-1-13(9-19)2-4-14/h1-8H,10-12H2,(H,21,22). The van der Waals surface area contributed by atoms with E-state index >= 15 is 0 Å². The highest BCUT2D eigenvalue weighted by Gasteiger charge is 2.11. The number of halogens is 1. The molecule has 5 heteroatoms. The number of carbonyl (C=O) groups is 1. The van der Waals surface area contributed by atoms with Crippen LogP contribution in [0.5, 0.6) is 0 Å². The van der Waals surface area contributed by atoms with Crippen LogP contribution in [-0.4, -0.2) is 22.5 Å². The second-order valence-corrected chi connectivity index (χ2v) is 4.97. The van der Waals surface area contributed by atoms with Gasteiger partial charge in [-0.05, 0) is 35.4 Å². The van der Waals surface area contributed by atoms with E-state index in [1.807, 2.05) is 6.07 Å². The highest BCUT2D eigenvalue weighted by molar-refractivity contribution is 5.69. The molecule has 0 saturated carbocycles. The molecule has 0 spiro atoms. The lowest BCUT2D eigenvalue weighted by Gasteiger charge is -2.20. The van der Waals surface area contributed by atoms with Crippen LogP contribution in [0.15, 0.2) is 48.5 Å². The third-order valence-electron chi connectivity index (χ3n) is 3.17. The van der Waals surface area contributed by atoms with Gasteiger partial charge in [0.1, 0.15) is 5.82 Å². The zero-order chi connectivity index (χ0) is 15.9. The van der Waals surface area contributed by atoms with Crippen LogP contribution < -0.4 is 0 Å². The minimum Gasteiger partial charge on any atom is -0.480 e. The molecule has 0 heterocycles. The lowest BCUT2D eigenvalue weighted by atomic mass is 10.1. The summed E-state index contributed by atoms with van der Waals surface area (Å²) in [4.78, 5) is 12.7. The molecule has 0 atom stereocenters. The van der Waals surface area contributed by atoms with Gasteiger partial charge in [-0.15, -0.1) is 0 Å². The van der Waals surface area contributed by atoms with Crippen molar-refractivity contribution in [3.8, 4) is 6.07 Å². The number of aliphatic carboxylic acids is 1. The molecule has 22 heavy (non-hydrogen) atoms. The summed E-state index contributed by atoms with van der Waals surface area (Å²) in [5.74, 6) is -1.24. The molecule has 4 nitrogen and oxygen atoms in total. The van der Waals surface area contributed by atoms with Crippen LogP contribution in [0.2, 0.25) is 0 Å². The van der Waals surface area contributed by atoms with Crippen LogP contribution >= 0.6 is 0 Å². The van der Waals surface area contributed by atoms with Crippen molar-refractivity contribution in [3.63, 3.8) is 0 Å². The molecule has 2 aromatic rings. The number of nitriles is 1. The Morgan fingerprint density at radius 1 is 1.05 bits per heavy atom. The lowest BCUT2D eigenvalue weighted by Crippen LogP contribution is -2.28. The minimum atomic E-state index is -0.921. The van der Waals surface area contributed by atoms with Crippen LogP contribution in [0.4, 0.5) is 4.39 Å². The number of hydrogen-bond donors (Lipinski definition) is 1. The van der Waals surface area contributed by atoms with Crippen molar-refractivity contribution in [2.45, 2.75) is 13.1 Å². The van der Waals surface area contributed by atoms with Crippen molar-refractivity contribution in [1.82, 2.24) is 4.90 Å². The van der Waals surface area contributed by atoms with E-state index in [1.165, 1.54) is 12.1 Å². The lowest BCUT2D eigenvalue weighted by molar-refractivity contribution is -0.138. The van der Waals surface area contributed by atoms with Gasteiger partial charge in [0, 0.05) is 13.1 Å². The Morgan fingerprint density at radius 2 is 1.55 bits per heavy atom. The molecule has 0 unspecified atom stereocenters. The van der Waals surface area contributed by atoms with Gasteiger partial charge in [-0.3, -0.25) is 9.69 Å². The Kier molecular flexibility index (Phi) is 5.23. The molecule has 0 aliphatic carbocycles. The number of carboxylic acids is 1. The Bertz CT molecular complexity index is 675. The van der Waals surface area contributed by atoms with E-state index in [0.717, 1.165) is 11.1 Å². The van der Waals surface area contributed by atoms with Crippen LogP contribution in [0, 0.1) is 17.1 Å². The second-order valence-electron chi connectivity index (χ2n) is 4.97. The Hall–Kier alpha value is -2.71. The Balaban J connectivity index is 2.09. The Labute approximate surface area is 128 Å². The van der Waals surface area contributed by atoms with E-state index in [4.69, 9.17) is 10.4 Å². The number of carboxylic acid groups (broad SMARTS) is 1. The molecule has 0 saturated heterocycles. The van der Waals surface area contributed by atoms with Crippen molar-refractivity contribution in [2.24, 2.45) is 0 Å². The third kappa shape index (κ3) is 4.69. The number of benzene rings is 2. The normalized spacial score (nSPS) is 10.4. The Morgan fingerprint density at radius 3 is 2.00 bits per heavy atom. The van der Waals surface area contributed by atoms with E-state index in [2.05, 4.69) is 0 Å². The number of rotatable bonds is 6. The fourth-order valence-corrected chi connectivity index (χ4v) is 2.15. The molecule has 2 rings (SSSR count). The molecular formula is C17H15FN2O2. The summed E-state index contributed by atoms with van der Waals surface area (Å²) in [6.07, 6.45) is 0. The fraction of sp³-hybridized carbons (Fsp3) is 0.176. The molecule has 0 bridgehead atoms. The van der Waals surface area contributed by atoms with Gasteiger partial charge in [-0.2, -0.15) is 5.26 Å². The molecule has 2 aromatic carbocycles. The predicted molar refractivity (Wildman–Crippen MR) is 79.3 cm³/mol. The average molecular weight is 298 g/mol. The molecular weight excluding hydrogens is 283 g/mol. The average Bonchev–Trinajstić information content (AvgIpc) is 2.50. The first kappa shape index (κ1) is 15.7. The van der Waals surface area contributed by atoms with Gasteiger partial charge in [-0.1, -0.05) is 24.3 Å². The van der Waals surface area contributed by atoms with Gasteiger partial charge in [-0.25, -0.2) is 4.39 Å². The smallest absolute Gasteiger partial charge is 0.317 e. The van der Waals surface area contributed by atoms with Gasteiger partial charge in [0.25, 0.3) is 0 Å². The summed E-state index contributed by atoms with van der Waals surface area (Å²) in [5.41, 5.74) is 2.32. The molecule has 0 aliphatic rings. The second kappa shape index (κ2) is 7.34. The van der Waals surface area contributed by atoms with E-state index in [0.29, 0.717) is 18.7 Å². The van der Waals surface area contributed by atoms with Crippen molar-refractivity contribution in [2.75, 3.05) is 6.54 Å². The van der Waals surface area contributed by atoms with E-state index in [-0.39, 0.29) is 12.4 Å². The quantitative estimate of drug-likeness (QED) is 0.890. The first-order chi connectivity index (χ1) is 10.6. The van der Waals surface area contributed by atoms with Crippen LogP contribution in [0.25, 0.3) is 0 Å². The van der Waals surface area contributed by atoms with Crippen LogP contribution in [0.1, 0.15) is 16.7 Å². The monoisotopic (exact) mass is 298 g/mol. The summed E-state index contributed by atoms with van der Waals surface area (Å²) in [7, 11) is 0. The van der Waals surface area contributed by atoms with Gasteiger partial charge >= 0.3 is 5.97 Å². The molecule has 0 radical (unpaired) electrons. The molecule has 0 fully saturated rings. The van der Waals surface area contributed by atoms with Gasteiger partial charge < -0.3 is 5.11 Å². The van der Waals surface area contributed by atoms with Crippen LogP contribution in [0.3, 0.4) is 0 Å². The predicted octanol–water partition coefficient (Wildman–Crippen LogP) is 2.78. The molecule has 0 aromatic heterocycles. The first-order valence-electron chi connectivity index (χ1n) is 6.74. The third-order valence-corrected chi connectivity index (χ3v) is 3.17. The highest BCUT2D eigenvalue weighted by atomic mass is 19.1.